The molecule has 0 aliphatic heterocycles. The molecule has 13 heteroatoms. The highest BCUT2D eigenvalue weighted by molar-refractivity contribution is 7.13. The number of nitrogens with zero attached hydrogens (tertiary/aromatic N) is 1. The fraction of sp³-hybridized carbons (Fsp3) is 0.174. The standard InChI is InChI=1S/C23H17F3N2O7S/c24-13-3-2-11(35-9-12-17(34-7-1-6-29)5-4-14(25)19(12)26)8-16(13)28-21(30)18-15(27-23(28)33)10-36-20(18)22(31)32/h2-5,8,10,29H,1,6-7,9H2,(H,27,33)(H,31,32). The lowest BCUT2D eigenvalue weighted by atomic mass is 10.2. The van der Waals surface area contributed by atoms with E-state index in [9.17, 15) is 32.7 Å². The van der Waals surface area contributed by atoms with Crippen molar-refractivity contribution in [3.63, 3.8) is 0 Å². The third kappa shape index (κ3) is 4.70. The summed E-state index contributed by atoms with van der Waals surface area (Å²) in [5.41, 5.74) is -2.90. The van der Waals surface area contributed by atoms with E-state index in [4.69, 9.17) is 14.6 Å². The van der Waals surface area contributed by atoms with Crippen LogP contribution in [0.5, 0.6) is 11.5 Å². The number of carboxylic acid groups (broad SMARTS) is 1. The summed E-state index contributed by atoms with van der Waals surface area (Å²) < 4.78 is 54.2. The number of rotatable bonds is 9. The van der Waals surface area contributed by atoms with Crippen molar-refractivity contribution in [1.29, 1.82) is 0 Å². The van der Waals surface area contributed by atoms with Gasteiger partial charge in [0.1, 0.15) is 28.8 Å². The highest BCUT2D eigenvalue weighted by Crippen LogP contribution is 2.27. The SMILES string of the molecule is O=C(O)c1scc2[nH]c(=O)n(-c3cc(OCc4c(OCCCO)ccc(F)c4F)ccc3F)c(=O)c12. The van der Waals surface area contributed by atoms with Crippen LogP contribution in [-0.4, -0.2) is 38.9 Å². The monoisotopic (exact) mass is 522 g/mol. The van der Waals surface area contributed by atoms with E-state index < -0.39 is 47.0 Å². The zero-order valence-electron chi connectivity index (χ0n) is 18.2. The fourth-order valence-corrected chi connectivity index (χ4v) is 4.24. The van der Waals surface area contributed by atoms with Crippen molar-refractivity contribution in [1.82, 2.24) is 9.55 Å². The minimum Gasteiger partial charge on any atom is -0.493 e. The molecule has 0 atom stereocenters. The van der Waals surface area contributed by atoms with Crippen LogP contribution in [0.15, 0.2) is 45.3 Å². The lowest BCUT2D eigenvalue weighted by Gasteiger charge is -2.14. The first-order valence-corrected chi connectivity index (χ1v) is 11.2. The number of nitrogens with one attached hydrogen (secondary N) is 1. The predicted molar refractivity (Wildman–Crippen MR) is 123 cm³/mol. The summed E-state index contributed by atoms with van der Waals surface area (Å²) in [5, 5.41) is 19.2. The Bertz CT molecular complexity index is 1580. The molecule has 0 aliphatic rings. The number of aliphatic hydroxyl groups excluding tert-OH is 1. The quantitative estimate of drug-likeness (QED) is 0.288. The molecule has 0 aliphatic carbocycles. The largest absolute Gasteiger partial charge is 0.493 e. The highest BCUT2D eigenvalue weighted by Gasteiger charge is 2.21. The van der Waals surface area contributed by atoms with Crippen LogP contribution < -0.4 is 20.7 Å². The van der Waals surface area contributed by atoms with Crippen LogP contribution in [0.2, 0.25) is 0 Å². The molecule has 9 nitrogen and oxygen atoms in total. The van der Waals surface area contributed by atoms with Crippen molar-refractivity contribution in [2.24, 2.45) is 0 Å². The van der Waals surface area contributed by atoms with Crippen LogP contribution in [0.25, 0.3) is 16.6 Å². The fourth-order valence-electron chi connectivity index (χ4n) is 3.41. The average Bonchev–Trinajstić information content (AvgIpc) is 3.27. The number of aromatic amines is 1. The molecule has 0 saturated carbocycles. The molecule has 4 rings (SSSR count). The van der Waals surface area contributed by atoms with Gasteiger partial charge in [-0.1, -0.05) is 0 Å². The normalized spacial score (nSPS) is 11.1. The van der Waals surface area contributed by atoms with Crippen LogP contribution >= 0.6 is 11.3 Å². The molecule has 2 heterocycles. The maximum atomic E-state index is 14.7. The summed E-state index contributed by atoms with van der Waals surface area (Å²) in [6.07, 6.45) is 0.252. The summed E-state index contributed by atoms with van der Waals surface area (Å²) in [6.45, 7) is -0.692. The Balaban J connectivity index is 1.71. The molecule has 4 aromatic rings. The van der Waals surface area contributed by atoms with Crippen molar-refractivity contribution in [3.8, 4) is 17.2 Å². The number of halogens is 3. The van der Waals surface area contributed by atoms with Crippen molar-refractivity contribution >= 4 is 28.2 Å². The highest BCUT2D eigenvalue weighted by atomic mass is 32.1. The molecule has 0 radical (unpaired) electrons. The number of aromatic carboxylic acids is 1. The van der Waals surface area contributed by atoms with E-state index >= 15 is 0 Å². The van der Waals surface area contributed by atoms with Gasteiger partial charge in [-0.15, -0.1) is 11.3 Å². The summed E-state index contributed by atoms with van der Waals surface area (Å²) in [6, 6.07) is 5.10. The molecule has 0 saturated heterocycles. The molecule has 36 heavy (non-hydrogen) atoms. The van der Waals surface area contributed by atoms with Crippen molar-refractivity contribution in [3.05, 3.63) is 84.4 Å². The van der Waals surface area contributed by atoms with E-state index in [1.54, 1.807) is 0 Å². The maximum Gasteiger partial charge on any atom is 0.346 e. The Morgan fingerprint density at radius 2 is 1.83 bits per heavy atom. The molecule has 2 aromatic carbocycles. The van der Waals surface area contributed by atoms with E-state index in [1.165, 1.54) is 11.4 Å². The zero-order valence-corrected chi connectivity index (χ0v) is 19.0. The van der Waals surface area contributed by atoms with Gasteiger partial charge >= 0.3 is 11.7 Å². The first-order valence-electron chi connectivity index (χ1n) is 10.4. The number of aromatic nitrogens is 2. The molecule has 0 bridgehead atoms. The summed E-state index contributed by atoms with van der Waals surface area (Å²) >= 11 is 0.728. The number of aliphatic hydroxyl groups is 1. The average molecular weight is 522 g/mol. The van der Waals surface area contributed by atoms with Gasteiger partial charge in [0, 0.05) is 24.5 Å². The minimum atomic E-state index is -1.39. The van der Waals surface area contributed by atoms with Crippen molar-refractivity contribution < 1.29 is 37.7 Å². The number of hydrogen-bond acceptors (Lipinski definition) is 7. The van der Waals surface area contributed by atoms with E-state index in [0.29, 0.717) is 4.57 Å². The Morgan fingerprint density at radius 3 is 2.56 bits per heavy atom. The molecule has 3 N–H and O–H groups in total. The Hall–Kier alpha value is -4.10. The van der Waals surface area contributed by atoms with Gasteiger partial charge in [-0.2, -0.15) is 0 Å². The third-order valence-corrected chi connectivity index (χ3v) is 6.07. The maximum absolute atomic E-state index is 14.7. The number of hydrogen-bond donors (Lipinski definition) is 3. The van der Waals surface area contributed by atoms with Gasteiger partial charge in [0.2, 0.25) is 0 Å². The number of ether oxygens (including phenoxy) is 2. The van der Waals surface area contributed by atoms with Gasteiger partial charge in [0.05, 0.1) is 28.8 Å². The Kier molecular flexibility index (Phi) is 7.12. The number of thiophene rings is 1. The molecule has 0 amide bonds. The molecule has 2 aromatic heterocycles. The van der Waals surface area contributed by atoms with Gasteiger partial charge in [0.25, 0.3) is 5.56 Å². The van der Waals surface area contributed by atoms with Crippen LogP contribution in [0.1, 0.15) is 21.7 Å². The molecule has 0 fully saturated rings. The lowest BCUT2D eigenvalue weighted by molar-refractivity contribution is 0.0704. The molecular weight excluding hydrogens is 505 g/mol. The molecule has 0 unspecified atom stereocenters. The van der Waals surface area contributed by atoms with E-state index in [0.717, 1.165) is 35.6 Å². The number of benzene rings is 2. The second kappa shape index (κ2) is 10.3. The Morgan fingerprint density at radius 1 is 1.08 bits per heavy atom. The number of carbonyl (C=O) groups is 1. The van der Waals surface area contributed by atoms with Gasteiger partial charge in [-0.05, 0) is 24.3 Å². The van der Waals surface area contributed by atoms with Gasteiger partial charge in [-0.3, -0.25) is 4.79 Å². The molecule has 0 spiro atoms. The predicted octanol–water partition coefficient (Wildman–Crippen LogP) is 3.20. The Labute approximate surface area is 203 Å². The first kappa shape index (κ1) is 25.0. The minimum absolute atomic E-state index is 0.00762. The number of H-pyrrole nitrogens is 1. The number of fused-ring (bicyclic) bond motifs is 1. The van der Waals surface area contributed by atoms with Crippen LogP contribution in [0.3, 0.4) is 0 Å². The van der Waals surface area contributed by atoms with Crippen molar-refractivity contribution in [2.75, 3.05) is 13.2 Å². The summed E-state index contributed by atoms with van der Waals surface area (Å²) in [7, 11) is 0. The van der Waals surface area contributed by atoms with Gasteiger partial charge in [-0.25, -0.2) is 27.3 Å². The second-order valence-corrected chi connectivity index (χ2v) is 8.27. The van der Waals surface area contributed by atoms with Gasteiger partial charge < -0.3 is 24.7 Å². The smallest absolute Gasteiger partial charge is 0.346 e. The summed E-state index contributed by atoms with van der Waals surface area (Å²) in [5.74, 6) is -4.90. The van der Waals surface area contributed by atoms with Crippen molar-refractivity contribution in [2.45, 2.75) is 13.0 Å². The first-order chi connectivity index (χ1) is 17.2. The second-order valence-electron chi connectivity index (χ2n) is 7.39. The lowest BCUT2D eigenvalue weighted by Crippen LogP contribution is -2.34. The van der Waals surface area contributed by atoms with E-state index in [-0.39, 0.29) is 52.5 Å². The van der Waals surface area contributed by atoms with E-state index in [1.807, 2.05) is 0 Å². The van der Waals surface area contributed by atoms with Gasteiger partial charge in [0.15, 0.2) is 11.6 Å². The third-order valence-electron chi connectivity index (χ3n) is 5.10. The molecule has 188 valence electrons. The topological polar surface area (TPSA) is 131 Å². The molecular formula is C23H17F3N2O7S. The van der Waals surface area contributed by atoms with E-state index in [2.05, 4.69) is 4.98 Å². The zero-order chi connectivity index (χ0) is 26.0. The van der Waals surface area contributed by atoms with Crippen LogP contribution in [-0.2, 0) is 6.61 Å². The van der Waals surface area contributed by atoms with Crippen LogP contribution in [0.4, 0.5) is 13.2 Å². The van der Waals surface area contributed by atoms with Crippen LogP contribution in [0, 0.1) is 17.5 Å². The summed E-state index contributed by atoms with van der Waals surface area (Å²) in [4.78, 5) is 39.0. The number of carboxylic acids is 1.